The van der Waals surface area contributed by atoms with E-state index in [-0.39, 0.29) is 101 Å². The molecule has 800 valence electrons. The van der Waals surface area contributed by atoms with Crippen molar-refractivity contribution in [2.45, 2.75) is 234 Å². The highest BCUT2D eigenvalue weighted by Crippen LogP contribution is 2.26. The maximum atomic E-state index is 15.5. The van der Waals surface area contributed by atoms with Crippen LogP contribution in [0.3, 0.4) is 0 Å². The number of benzene rings is 5. The first-order valence-electron chi connectivity index (χ1n) is 48.1. The SMILES string of the molecule is CC[C@H](C)[C@H](NC(=O)[C@H](Cc1c[nH]c2ccccc12)NC(=O)[C@@H]1CCCN1C(=O)[C@H](CC(=O)O)NC(=O)[C@H](CS)NC(=O)[C@@H](NC(=O)[C@H](Cc1c[nH]c2ccccc12)NC(=O)[C@@H](N)CCSC)[C@@H](C)O)C(=O)N[C@@H](Cc1ccccc1)C(=O)N[C@@H](Cc1ccc(O)cc1)C(=O)N[C@@H](CC(=O)O)C(=O)N[C@@H](CCCNC(=N)N)C(=O)N[C@@H](CS)C(=O)N[C@@H](Cc1ccccc1)C(=O)N[C@@H](CC(C)C)C(=O)N[C@@H](CC(N)=O)C(=O)O. The number of fused-ring (bicyclic) bond motifs is 2. The van der Waals surface area contributed by atoms with Gasteiger partial charge in [0.2, 0.25) is 94.5 Å². The monoisotopic (exact) mass is 2110 g/mol. The number of likely N-dealkylation sites (tertiary alicyclic amines) is 1. The van der Waals surface area contributed by atoms with E-state index in [1.165, 1.54) is 43.0 Å². The zero-order chi connectivity index (χ0) is 109. The molecular weight excluding hydrogens is 1980 g/mol. The summed E-state index contributed by atoms with van der Waals surface area (Å²) in [4.78, 5) is 277. The van der Waals surface area contributed by atoms with Crippen LogP contribution in [0.4, 0.5) is 0 Å². The topological polar surface area (TPSA) is 743 Å². The number of carboxylic acid groups (broad SMARTS) is 3. The molecule has 46 nitrogen and oxygen atoms in total. The van der Waals surface area contributed by atoms with E-state index in [1.54, 1.807) is 149 Å². The second kappa shape index (κ2) is 58.5. The van der Waals surface area contributed by atoms with Gasteiger partial charge in [-0.05, 0) is 121 Å². The summed E-state index contributed by atoms with van der Waals surface area (Å²) in [6.07, 6.45) is -1.20. The summed E-state index contributed by atoms with van der Waals surface area (Å²) in [6.45, 7) is 7.56. The lowest BCUT2D eigenvalue weighted by atomic mass is 9.96. The number of guanidine groups is 1. The van der Waals surface area contributed by atoms with Gasteiger partial charge in [0, 0.05) is 90.9 Å². The van der Waals surface area contributed by atoms with Crippen LogP contribution < -0.4 is 97.0 Å². The number of hydrogen-bond donors (Lipinski definition) is 28. The fraction of sp³-hybridized carbons (Fsp3) is 0.455. The number of aliphatic carboxylic acids is 3. The minimum atomic E-state index is -2.12. The van der Waals surface area contributed by atoms with Gasteiger partial charge in [-0.2, -0.15) is 37.0 Å². The Bertz CT molecular complexity index is 5820. The summed E-state index contributed by atoms with van der Waals surface area (Å²) >= 11 is 10.1. The molecule has 5 aromatic carbocycles. The molecule has 29 N–H and O–H groups in total. The van der Waals surface area contributed by atoms with Crippen molar-refractivity contribution in [2.24, 2.45) is 29.0 Å². The Morgan fingerprint density at radius 2 is 0.845 bits per heavy atom. The molecule has 1 saturated heterocycles. The van der Waals surface area contributed by atoms with Gasteiger partial charge >= 0.3 is 17.9 Å². The van der Waals surface area contributed by atoms with E-state index in [2.05, 4.69) is 115 Å². The summed E-state index contributed by atoms with van der Waals surface area (Å²) in [5, 5.41) is 99.0. The normalized spacial score (nSPS) is 15.7. The third kappa shape index (κ3) is 36.7. The van der Waals surface area contributed by atoms with Gasteiger partial charge in [-0.3, -0.25) is 91.7 Å². The van der Waals surface area contributed by atoms with Gasteiger partial charge in [0.25, 0.3) is 0 Å². The Hall–Kier alpha value is -14.9. The van der Waals surface area contributed by atoms with Crippen LogP contribution in [0.5, 0.6) is 5.75 Å². The lowest BCUT2D eigenvalue weighted by molar-refractivity contribution is -0.146. The fourth-order valence-electron chi connectivity index (χ4n) is 16.4. The van der Waals surface area contributed by atoms with E-state index >= 15 is 24.0 Å². The van der Waals surface area contributed by atoms with Crippen LogP contribution in [-0.4, -0.2) is 298 Å². The van der Waals surface area contributed by atoms with Crippen molar-refractivity contribution in [2.75, 3.05) is 36.6 Å². The maximum absolute atomic E-state index is 15.5. The zero-order valence-electron chi connectivity index (χ0n) is 82.4. The fourth-order valence-corrected chi connectivity index (χ4v) is 17.4. The number of carbonyl (C=O) groups excluding carboxylic acids is 16. The molecule has 0 radical (unpaired) electrons. The van der Waals surface area contributed by atoms with Crippen molar-refractivity contribution in [1.82, 2.24) is 94.6 Å². The Balaban J connectivity index is 1.02. The molecule has 8 rings (SSSR count). The summed E-state index contributed by atoms with van der Waals surface area (Å²) in [6, 6.07) is 9.35. The van der Waals surface area contributed by atoms with Gasteiger partial charge in [-0.1, -0.05) is 143 Å². The number of carboxylic acids is 3. The standard InChI is InChI=1S/C99H132N22O24S3/c1-7-52(4)81(119-90(136)71(43-58-48-106-64-27-17-15-25-61(58)64)113-94(140)77-29-19-36-121(77)97(143)73(46-80(127)128)115-93(139)76(50-147)118-96(142)82(53(5)122)120-91(137)70(108-83(129)62(100)34-37-148-6)42-57-47-105-63-26-16-14-24-60(57)63)95(141)114-69(40-55-22-12-9-13-23-55)88(134)110-68(41-56-30-32-59(123)33-31-56)87(133)112-72(45-79(125)126)89(135)107-65(28-18-35-104-99(102)103)84(130)117-75(49-146)92(138)111-67(39-54-20-10-8-11-21-54)86(132)109-66(38-51(2)3)85(131)116-74(98(144)145)44-78(101)124/h8-17,20-27,30-33,47-48,51-53,62,65-77,81-82,105-106,122-123,146-147H,7,18-19,28-29,34-46,49-50,100H2,1-6H3,(H2,101,124)(H,107,135)(H,108,129)(H,109,132)(H,110,134)(H,111,138)(H,112,133)(H,113,140)(H,114,141)(H,115,139)(H,116,131)(H,117,130)(H,118,142)(H,119,136)(H,120,137)(H,125,126)(H,127,128)(H,144,145)(H4,102,103,104)/t52-,53+,62-,65-,66-,67-,68-,69-,70-,71-,72-,73-,74-,75-,76-,77-,81-,82-/m0/s1. The summed E-state index contributed by atoms with van der Waals surface area (Å²) in [5.41, 5.74) is 20.6. The first kappa shape index (κ1) is 118. The van der Waals surface area contributed by atoms with E-state index < -0.39 is 264 Å². The van der Waals surface area contributed by atoms with E-state index in [4.69, 9.17) is 22.6 Å². The van der Waals surface area contributed by atoms with Crippen LogP contribution in [0.25, 0.3) is 21.8 Å². The average molecular weight is 2110 g/mol. The molecule has 1 fully saturated rings. The highest BCUT2D eigenvalue weighted by atomic mass is 32.2. The number of carbonyl (C=O) groups is 19. The molecule has 0 bridgehead atoms. The molecule has 16 amide bonds. The molecule has 1 aliphatic rings. The van der Waals surface area contributed by atoms with Crippen LogP contribution >= 0.6 is 37.0 Å². The van der Waals surface area contributed by atoms with Crippen LogP contribution in [0.15, 0.2) is 146 Å². The second-order valence-electron chi connectivity index (χ2n) is 36.5. The van der Waals surface area contributed by atoms with Crippen LogP contribution in [-0.2, 0) is 123 Å². The van der Waals surface area contributed by atoms with Gasteiger partial charge in [0.15, 0.2) is 5.96 Å². The number of aromatic hydroxyl groups is 1. The number of phenols is 1. The molecule has 18 atom stereocenters. The lowest BCUT2D eigenvalue weighted by Gasteiger charge is -2.31. The van der Waals surface area contributed by atoms with Gasteiger partial charge in [-0.15, -0.1) is 0 Å². The van der Waals surface area contributed by atoms with Crippen molar-refractivity contribution in [3.05, 3.63) is 174 Å². The number of rotatable bonds is 60. The zero-order valence-corrected chi connectivity index (χ0v) is 85.0. The van der Waals surface area contributed by atoms with Crippen molar-refractivity contribution in [1.29, 1.82) is 5.41 Å². The number of para-hydroxylation sites is 2. The summed E-state index contributed by atoms with van der Waals surface area (Å²) in [5.74, 6) is -24.0. The summed E-state index contributed by atoms with van der Waals surface area (Å²) in [7, 11) is 0. The number of primary amides is 1. The smallest absolute Gasteiger partial charge is 0.326 e. The molecular formula is C99H132N22O24S3. The predicted octanol–water partition coefficient (Wildman–Crippen LogP) is -1.77. The average Bonchev–Trinajstić information content (AvgIpc) is 1.66. The predicted molar refractivity (Wildman–Crippen MR) is 552 cm³/mol. The quantitative estimate of drug-likeness (QED) is 0.00868. The second-order valence-corrected chi connectivity index (χ2v) is 38.2. The Morgan fingerprint density at radius 1 is 0.453 bits per heavy atom. The van der Waals surface area contributed by atoms with Crippen molar-refractivity contribution >= 4 is 177 Å². The third-order valence-electron chi connectivity index (χ3n) is 24.6. The first-order valence-corrected chi connectivity index (χ1v) is 50.7. The number of phenolic OH excluding ortho intramolecular Hbond substituents is 1. The Morgan fingerprint density at radius 3 is 1.32 bits per heavy atom. The third-order valence-corrected chi connectivity index (χ3v) is 26.0. The van der Waals surface area contributed by atoms with Gasteiger partial charge in [0.05, 0.1) is 31.4 Å². The Labute approximate surface area is 867 Å². The molecule has 7 aromatic rings. The number of nitrogens with two attached hydrogens (primary N) is 3. The van der Waals surface area contributed by atoms with Crippen LogP contribution in [0.2, 0.25) is 0 Å². The lowest BCUT2D eigenvalue weighted by Crippen LogP contribution is -2.62. The van der Waals surface area contributed by atoms with Gasteiger partial charge in [-0.25, -0.2) is 4.79 Å². The highest BCUT2D eigenvalue weighted by Gasteiger charge is 2.44. The molecule has 0 unspecified atom stereocenters. The molecule has 1 aliphatic heterocycles. The number of thiol groups is 2. The maximum Gasteiger partial charge on any atom is 0.326 e. The largest absolute Gasteiger partial charge is 0.508 e. The number of aromatic amines is 2. The number of aliphatic hydroxyl groups is 1. The summed E-state index contributed by atoms with van der Waals surface area (Å²) < 4.78 is 0. The number of aliphatic hydroxyl groups excluding tert-OH is 1. The first-order chi connectivity index (χ1) is 70.4. The molecule has 0 spiro atoms. The van der Waals surface area contributed by atoms with Crippen LogP contribution in [0.1, 0.15) is 127 Å². The molecule has 3 heterocycles. The van der Waals surface area contributed by atoms with E-state index in [9.17, 15) is 92.7 Å². The van der Waals surface area contributed by atoms with Crippen molar-refractivity contribution < 1.29 is 117 Å². The van der Waals surface area contributed by atoms with Crippen LogP contribution in [0, 0.1) is 17.2 Å². The minimum absolute atomic E-state index is 0.0752. The number of nitrogens with one attached hydrogen (secondary N) is 18. The van der Waals surface area contributed by atoms with Crippen molar-refractivity contribution in [3.8, 4) is 5.75 Å². The highest BCUT2D eigenvalue weighted by molar-refractivity contribution is 7.98. The van der Waals surface area contributed by atoms with Crippen molar-refractivity contribution in [3.63, 3.8) is 0 Å². The minimum Gasteiger partial charge on any atom is -0.508 e. The molecule has 148 heavy (non-hydrogen) atoms. The number of aromatic nitrogens is 2. The number of nitrogens with zero attached hydrogens (tertiary/aromatic N) is 1. The number of hydrogen-bond acceptors (Lipinski definition) is 26. The molecule has 2 aromatic heterocycles. The molecule has 0 aliphatic carbocycles. The van der Waals surface area contributed by atoms with Gasteiger partial charge < -0.3 is 137 Å². The number of amides is 16. The van der Waals surface area contributed by atoms with E-state index in [0.717, 1.165) is 15.8 Å². The molecule has 0 saturated carbocycles. The van der Waals surface area contributed by atoms with Gasteiger partial charge in [0.1, 0.15) is 96.4 Å². The number of H-pyrrole nitrogens is 2. The Kier molecular flexibility index (Phi) is 46.8. The number of thioether (sulfide) groups is 1. The van der Waals surface area contributed by atoms with E-state index in [1.807, 2.05) is 6.26 Å². The van der Waals surface area contributed by atoms with E-state index in [0.29, 0.717) is 38.9 Å². The molecule has 49 heteroatoms.